The minimum atomic E-state index is -1.89. The molecule has 0 radical (unpaired) electrons. The number of hydrogen-bond donors (Lipinski definition) is 3. The quantitative estimate of drug-likeness (QED) is 0.579. The van der Waals surface area contributed by atoms with E-state index in [0.717, 1.165) is 19.0 Å². The molecule has 35 heavy (non-hydrogen) atoms. The number of nitrogens with two attached hydrogens (primary N) is 1. The maximum Gasteiger partial charge on any atom is 0.249 e. The van der Waals surface area contributed by atoms with Crippen molar-refractivity contribution in [3.05, 3.63) is 81.7 Å². The summed E-state index contributed by atoms with van der Waals surface area (Å²) in [5, 5.41) is 14.9. The van der Waals surface area contributed by atoms with Crippen LogP contribution in [0.25, 0.3) is 5.57 Å². The van der Waals surface area contributed by atoms with Crippen molar-refractivity contribution in [3.8, 4) is 5.75 Å². The van der Waals surface area contributed by atoms with E-state index in [1.165, 1.54) is 19.3 Å². The summed E-state index contributed by atoms with van der Waals surface area (Å²) in [6.45, 7) is 0.720. The minimum Gasteiger partial charge on any atom is -0.477 e. The lowest BCUT2D eigenvalue weighted by molar-refractivity contribution is -0.114. The van der Waals surface area contributed by atoms with Gasteiger partial charge < -0.3 is 25.6 Å². The molecule has 184 valence electrons. The molecule has 1 fully saturated rings. The van der Waals surface area contributed by atoms with Gasteiger partial charge in [0.1, 0.15) is 23.8 Å². The number of carbonyl (C=O) groups excluding carboxylic acids is 1. The number of methoxy groups -OCH3 is 1. The lowest BCUT2D eigenvalue weighted by Gasteiger charge is -2.38. The first-order valence-corrected chi connectivity index (χ1v) is 11.8. The van der Waals surface area contributed by atoms with Gasteiger partial charge >= 0.3 is 0 Å². The number of aliphatic hydroxyl groups is 1. The number of rotatable bonds is 5. The first kappa shape index (κ1) is 23.9. The van der Waals surface area contributed by atoms with Crippen molar-refractivity contribution >= 4 is 23.1 Å². The molecule has 2 heterocycles. The van der Waals surface area contributed by atoms with Crippen molar-refractivity contribution in [2.24, 2.45) is 5.73 Å². The van der Waals surface area contributed by atoms with Crippen LogP contribution in [-0.2, 0) is 15.1 Å². The fourth-order valence-electron chi connectivity index (χ4n) is 5.49. The van der Waals surface area contributed by atoms with Gasteiger partial charge in [0.15, 0.2) is 11.8 Å². The van der Waals surface area contributed by atoms with Crippen molar-refractivity contribution in [3.63, 3.8) is 0 Å². The van der Waals surface area contributed by atoms with E-state index in [-0.39, 0.29) is 34.1 Å². The Hall–Kier alpha value is -2.78. The number of fused-ring (bicyclic) bond motifs is 1. The summed E-state index contributed by atoms with van der Waals surface area (Å²) in [5.41, 5.74) is 4.46. The van der Waals surface area contributed by atoms with E-state index in [0.29, 0.717) is 12.0 Å². The number of ether oxygens (including phenoxy) is 2. The van der Waals surface area contributed by atoms with Gasteiger partial charge in [-0.05, 0) is 24.9 Å². The third-order valence-corrected chi connectivity index (χ3v) is 7.47. The van der Waals surface area contributed by atoms with E-state index in [1.54, 1.807) is 0 Å². The molecular weight excluding hydrogens is 478 g/mol. The molecule has 0 saturated carbocycles. The van der Waals surface area contributed by atoms with Gasteiger partial charge in [0.2, 0.25) is 5.91 Å². The highest BCUT2D eigenvalue weighted by Crippen LogP contribution is 2.57. The first-order valence-electron chi connectivity index (χ1n) is 11.4. The van der Waals surface area contributed by atoms with Gasteiger partial charge in [-0.15, -0.1) is 0 Å². The van der Waals surface area contributed by atoms with Gasteiger partial charge in [-0.25, -0.2) is 8.78 Å². The number of amides is 1. The summed E-state index contributed by atoms with van der Waals surface area (Å²) < 4.78 is 42.5. The minimum absolute atomic E-state index is 0.0268. The van der Waals surface area contributed by atoms with Crippen molar-refractivity contribution in [1.29, 1.82) is 0 Å². The van der Waals surface area contributed by atoms with Gasteiger partial charge in [-0.3, -0.25) is 4.79 Å². The molecule has 2 aliphatic heterocycles. The average Bonchev–Trinajstić information content (AvgIpc) is 3.48. The van der Waals surface area contributed by atoms with Crippen LogP contribution in [0.4, 0.5) is 8.78 Å². The van der Waals surface area contributed by atoms with Crippen LogP contribution < -0.4 is 15.8 Å². The van der Waals surface area contributed by atoms with E-state index in [2.05, 4.69) is 5.32 Å². The Morgan fingerprint density at radius 3 is 2.71 bits per heavy atom. The smallest absolute Gasteiger partial charge is 0.249 e. The summed E-state index contributed by atoms with van der Waals surface area (Å²) >= 11 is 6.43. The molecule has 6 nitrogen and oxygen atoms in total. The molecule has 3 unspecified atom stereocenters. The average molecular weight is 503 g/mol. The number of alkyl halides is 1. The predicted octanol–water partition coefficient (Wildman–Crippen LogP) is 3.71. The Morgan fingerprint density at radius 1 is 1.34 bits per heavy atom. The SMILES string of the molecule is COC1C=CC(C(N)=O)=C(c2c(Cl)c(F)cc3c2[C@H](O)[C@](c2ccccc2)(C2CCCN2)O3)C1F. The molecule has 5 atom stereocenters. The summed E-state index contributed by atoms with van der Waals surface area (Å²) in [7, 11) is 1.32. The van der Waals surface area contributed by atoms with E-state index in [4.69, 9.17) is 26.8 Å². The van der Waals surface area contributed by atoms with E-state index in [1.807, 2.05) is 30.3 Å². The van der Waals surface area contributed by atoms with Crippen LogP contribution >= 0.6 is 11.6 Å². The Labute approximate surface area is 206 Å². The second-order valence-electron chi connectivity index (χ2n) is 8.92. The number of hydrogen-bond acceptors (Lipinski definition) is 5. The summed E-state index contributed by atoms with van der Waals surface area (Å²) in [5.74, 6) is -1.76. The molecule has 0 aromatic heterocycles. The van der Waals surface area contributed by atoms with E-state index >= 15 is 8.78 Å². The number of halogens is 3. The fourth-order valence-corrected chi connectivity index (χ4v) is 5.75. The van der Waals surface area contributed by atoms with Crippen LogP contribution in [0.1, 0.15) is 35.6 Å². The molecule has 4 N–H and O–H groups in total. The largest absolute Gasteiger partial charge is 0.477 e. The third-order valence-electron chi connectivity index (χ3n) is 7.10. The van der Waals surface area contributed by atoms with Crippen molar-refractivity contribution in [2.75, 3.05) is 13.7 Å². The van der Waals surface area contributed by atoms with E-state index < -0.39 is 40.7 Å². The van der Waals surface area contributed by atoms with Gasteiger partial charge in [0, 0.05) is 35.4 Å². The van der Waals surface area contributed by atoms with E-state index in [9.17, 15) is 9.90 Å². The molecule has 3 aliphatic rings. The molecule has 0 bridgehead atoms. The van der Waals surface area contributed by atoms with Crippen LogP contribution in [-0.4, -0.2) is 43.0 Å². The van der Waals surface area contributed by atoms with Gasteiger partial charge in [-0.1, -0.05) is 54.1 Å². The highest BCUT2D eigenvalue weighted by molar-refractivity contribution is 6.33. The maximum absolute atomic E-state index is 15.8. The van der Waals surface area contributed by atoms with Crippen LogP contribution in [0.5, 0.6) is 5.75 Å². The first-order chi connectivity index (χ1) is 16.8. The molecule has 1 saturated heterocycles. The van der Waals surface area contributed by atoms with Crippen LogP contribution in [0.3, 0.4) is 0 Å². The number of nitrogens with one attached hydrogen (secondary N) is 1. The normalized spacial score (nSPS) is 29.9. The monoisotopic (exact) mass is 502 g/mol. The summed E-state index contributed by atoms with van der Waals surface area (Å²) in [6, 6.07) is 9.90. The molecule has 2 aromatic carbocycles. The molecule has 5 rings (SSSR count). The fraction of sp³-hybridized carbons (Fsp3) is 0.346. The zero-order chi connectivity index (χ0) is 24.9. The molecule has 9 heteroatoms. The number of aliphatic hydroxyl groups excluding tert-OH is 1. The summed E-state index contributed by atoms with van der Waals surface area (Å²) in [4.78, 5) is 12.3. The number of benzene rings is 2. The zero-order valence-corrected chi connectivity index (χ0v) is 19.7. The lowest BCUT2D eigenvalue weighted by Crippen LogP contribution is -2.51. The lowest BCUT2D eigenvalue weighted by atomic mass is 9.77. The van der Waals surface area contributed by atoms with Gasteiger partial charge in [-0.2, -0.15) is 0 Å². The standard InChI is InChI=1S/C26H25ClF2N2O4/c1-34-16-10-9-14(25(30)33)19(23(16)29)21-20-17(12-15(28)22(21)27)35-26(24(20)32,18-8-5-11-31-18)13-6-3-2-4-7-13/h2-4,6-7,9-10,12,16,18,23-24,31-32H,5,8,11H2,1H3,(H2,30,33)/t16?,18?,23?,24-,26-/m0/s1. The van der Waals surface area contributed by atoms with Gasteiger partial charge in [0.05, 0.1) is 11.1 Å². The number of primary amides is 1. The Balaban J connectivity index is 1.78. The van der Waals surface area contributed by atoms with Gasteiger partial charge in [0.25, 0.3) is 0 Å². The Kier molecular flexibility index (Phi) is 6.17. The third kappa shape index (κ3) is 3.59. The molecular formula is C26H25ClF2N2O4. The van der Waals surface area contributed by atoms with Crippen LogP contribution in [0, 0.1) is 5.82 Å². The second-order valence-corrected chi connectivity index (χ2v) is 9.30. The molecule has 1 amide bonds. The molecule has 2 aromatic rings. The predicted molar refractivity (Wildman–Crippen MR) is 127 cm³/mol. The highest BCUT2D eigenvalue weighted by atomic mass is 35.5. The topological polar surface area (TPSA) is 93.8 Å². The highest BCUT2D eigenvalue weighted by Gasteiger charge is 2.57. The molecule has 0 spiro atoms. The second kappa shape index (κ2) is 9.02. The van der Waals surface area contributed by atoms with Crippen LogP contribution in [0.15, 0.2) is 54.1 Å². The Morgan fingerprint density at radius 2 is 2.09 bits per heavy atom. The Bertz CT molecular complexity index is 1230. The van der Waals surface area contributed by atoms with Crippen LogP contribution in [0.2, 0.25) is 5.02 Å². The maximum atomic E-state index is 15.8. The summed E-state index contributed by atoms with van der Waals surface area (Å²) in [6.07, 6.45) is -0.0496. The number of carbonyl (C=O) groups is 1. The van der Waals surface area contributed by atoms with Crippen molar-refractivity contribution in [2.45, 2.75) is 42.9 Å². The zero-order valence-electron chi connectivity index (χ0n) is 18.9. The molecule has 1 aliphatic carbocycles. The van der Waals surface area contributed by atoms with Crippen molar-refractivity contribution in [1.82, 2.24) is 5.32 Å². The van der Waals surface area contributed by atoms with Crippen molar-refractivity contribution < 1.29 is 28.2 Å².